The van der Waals surface area contributed by atoms with Crippen LogP contribution in [0.2, 0.25) is 0 Å². The van der Waals surface area contributed by atoms with E-state index in [2.05, 4.69) is 16.9 Å². The van der Waals surface area contributed by atoms with Crippen LogP contribution in [0, 0.1) is 0 Å². The van der Waals surface area contributed by atoms with Crippen LogP contribution in [-0.2, 0) is 10.0 Å². The summed E-state index contributed by atoms with van der Waals surface area (Å²) in [6.45, 7) is 0. The van der Waals surface area contributed by atoms with E-state index in [1.165, 1.54) is 0 Å². The van der Waals surface area contributed by atoms with Crippen molar-refractivity contribution in [1.82, 2.24) is 0 Å². The maximum atomic E-state index is 11.6. The summed E-state index contributed by atoms with van der Waals surface area (Å²) in [4.78, 5) is 1.83. The molecule has 0 saturated heterocycles. The number of rotatable bonds is 5. The lowest BCUT2D eigenvalue weighted by molar-refractivity contribution is 0.605. The van der Waals surface area contributed by atoms with Gasteiger partial charge < -0.3 is 10.6 Å². The van der Waals surface area contributed by atoms with Crippen molar-refractivity contribution in [2.24, 2.45) is 5.73 Å². The number of anilines is 2. The SMILES string of the molecule is CN(C)c1cccc(NS(=O)(=O)CC(N)=S)c1. The Bertz CT molecular complexity index is 512. The number of nitrogens with one attached hydrogen (secondary N) is 1. The third-order valence-electron chi connectivity index (χ3n) is 1.97. The number of thiocarbonyl (C=S) groups is 1. The van der Waals surface area contributed by atoms with Crippen LogP contribution in [0.4, 0.5) is 11.4 Å². The second-order valence-electron chi connectivity index (χ2n) is 3.77. The summed E-state index contributed by atoms with van der Waals surface area (Å²) in [6, 6.07) is 7.06. The molecule has 0 unspecified atom stereocenters. The molecule has 0 amide bonds. The van der Waals surface area contributed by atoms with Gasteiger partial charge in [-0.15, -0.1) is 0 Å². The molecule has 0 heterocycles. The van der Waals surface area contributed by atoms with Gasteiger partial charge >= 0.3 is 0 Å². The summed E-state index contributed by atoms with van der Waals surface area (Å²) >= 11 is 4.58. The number of hydrogen-bond donors (Lipinski definition) is 2. The maximum Gasteiger partial charge on any atom is 0.239 e. The van der Waals surface area contributed by atoms with Gasteiger partial charge in [-0.2, -0.15) is 0 Å². The highest BCUT2D eigenvalue weighted by Crippen LogP contribution is 2.18. The van der Waals surface area contributed by atoms with Crippen LogP contribution < -0.4 is 15.4 Å². The standard InChI is InChI=1S/C10H15N3O2S2/c1-13(2)9-5-3-4-8(6-9)12-17(14,15)7-10(11)16/h3-6,12H,7H2,1-2H3,(H2,11,16). The molecule has 0 aliphatic carbocycles. The third kappa shape index (κ3) is 4.58. The highest BCUT2D eigenvalue weighted by atomic mass is 32.2. The first-order valence-electron chi connectivity index (χ1n) is 4.86. The minimum atomic E-state index is -3.51. The molecule has 0 fully saturated rings. The van der Waals surface area contributed by atoms with Gasteiger partial charge in [0, 0.05) is 19.8 Å². The lowest BCUT2D eigenvalue weighted by Gasteiger charge is -2.14. The molecule has 7 heteroatoms. The molecule has 0 aromatic heterocycles. The Morgan fingerprint density at radius 1 is 1.47 bits per heavy atom. The molecule has 0 atom stereocenters. The second-order valence-corrected chi connectivity index (χ2v) is 6.02. The Labute approximate surface area is 107 Å². The minimum Gasteiger partial charge on any atom is -0.392 e. The predicted molar refractivity (Wildman–Crippen MR) is 75.0 cm³/mol. The van der Waals surface area contributed by atoms with E-state index >= 15 is 0 Å². The summed E-state index contributed by atoms with van der Waals surface area (Å²) in [6.07, 6.45) is 0. The van der Waals surface area contributed by atoms with Crippen LogP contribution in [-0.4, -0.2) is 33.3 Å². The van der Waals surface area contributed by atoms with E-state index in [0.717, 1.165) is 5.69 Å². The van der Waals surface area contributed by atoms with Crippen LogP contribution in [0.5, 0.6) is 0 Å². The molecule has 0 spiro atoms. The third-order valence-corrected chi connectivity index (χ3v) is 3.53. The van der Waals surface area contributed by atoms with E-state index in [4.69, 9.17) is 5.73 Å². The quantitative estimate of drug-likeness (QED) is 0.775. The first-order valence-corrected chi connectivity index (χ1v) is 6.92. The topological polar surface area (TPSA) is 75.4 Å². The zero-order valence-corrected chi connectivity index (χ0v) is 11.3. The van der Waals surface area contributed by atoms with E-state index < -0.39 is 10.0 Å². The second kappa shape index (κ2) is 5.33. The van der Waals surface area contributed by atoms with Crippen molar-refractivity contribution >= 4 is 38.6 Å². The Kier molecular flexibility index (Phi) is 4.30. The summed E-state index contributed by atoms with van der Waals surface area (Å²) in [5.74, 6) is -0.353. The van der Waals surface area contributed by atoms with Crippen LogP contribution in [0.25, 0.3) is 0 Å². The zero-order valence-electron chi connectivity index (χ0n) is 9.67. The van der Waals surface area contributed by atoms with Crippen molar-refractivity contribution in [2.45, 2.75) is 0 Å². The molecule has 0 aliphatic heterocycles. The fraction of sp³-hybridized carbons (Fsp3) is 0.300. The van der Waals surface area contributed by atoms with Gasteiger partial charge in [-0.25, -0.2) is 8.42 Å². The summed E-state index contributed by atoms with van der Waals surface area (Å²) in [5.41, 5.74) is 6.61. The van der Waals surface area contributed by atoms with Gasteiger partial charge in [0.05, 0.1) is 10.7 Å². The van der Waals surface area contributed by atoms with Gasteiger partial charge in [0.1, 0.15) is 5.75 Å². The number of hydrogen-bond acceptors (Lipinski definition) is 4. The minimum absolute atomic E-state index is 0.0544. The van der Waals surface area contributed by atoms with Crippen LogP contribution in [0.3, 0.4) is 0 Å². The van der Waals surface area contributed by atoms with E-state index in [9.17, 15) is 8.42 Å². The van der Waals surface area contributed by atoms with Crippen molar-refractivity contribution in [3.8, 4) is 0 Å². The Hall–Kier alpha value is -1.34. The normalized spacial score (nSPS) is 10.9. The highest BCUT2D eigenvalue weighted by molar-refractivity contribution is 7.95. The predicted octanol–water partition coefficient (Wildman–Crippen LogP) is 0.780. The molecular weight excluding hydrogens is 258 g/mol. The number of nitrogens with zero attached hydrogens (tertiary/aromatic N) is 1. The fourth-order valence-corrected chi connectivity index (χ4v) is 2.65. The van der Waals surface area contributed by atoms with Crippen LogP contribution in [0.15, 0.2) is 24.3 Å². The van der Waals surface area contributed by atoms with E-state index in [0.29, 0.717) is 5.69 Å². The van der Waals surface area contributed by atoms with Gasteiger partial charge in [0.2, 0.25) is 10.0 Å². The zero-order chi connectivity index (χ0) is 13.1. The molecule has 0 saturated carbocycles. The average Bonchev–Trinajstić information content (AvgIpc) is 2.14. The first-order chi connectivity index (χ1) is 7.80. The average molecular weight is 273 g/mol. The summed E-state index contributed by atoms with van der Waals surface area (Å²) < 4.78 is 25.6. The molecule has 5 nitrogen and oxygen atoms in total. The van der Waals surface area contributed by atoms with Crippen molar-refractivity contribution < 1.29 is 8.42 Å². The Morgan fingerprint density at radius 2 is 2.12 bits per heavy atom. The largest absolute Gasteiger partial charge is 0.392 e. The lowest BCUT2D eigenvalue weighted by Crippen LogP contribution is -2.26. The van der Waals surface area contributed by atoms with Crippen LogP contribution in [0.1, 0.15) is 0 Å². The van der Waals surface area contributed by atoms with Crippen molar-refractivity contribution in [3.63, 3.8) is 0 Å². The highest BCUT2D eigenvalue weighted by Gasteiger charge is 2.12. The molecule has 3 N–H and O–H groups in total. The molecule has 0 radical (unpaired) electrons. The maximum absolute atomic E-state index is 11.6. The van der Waals surface area contributed by atoms with Gasteiger partial charge in [0.15, 0.2) is 0 Å². The van der Waals surface area contributed by atoms with Crippen molar-refractivity contribution in [3.05, 3.63) is 24.3 Å². The number of sulfonamides is 1. The summed E-state index contributed by atoms with van der Waals surface area (Å²) in [5, 5.41) is 0. The Morgan fingerprint density at radius 3 is 2.65 bits per heavy atom. The smallest absolute Gasteiger partial charge is 0.239 e. The molecule has 1 rings (SSSR count). The van der Waals surface area contributed by atoms with E-state index in [1.807, 2.05) is 25.1 Å². The van der Waals surface area contributed by atoms with Gasteiger partial charge in [-0.05, 0) is 18.2 Å². The lowest BCUT2D eigenvalue weighted by atomic mass is 10.3. The molecule has 17 heavy (non-hydrogen) atoms. The molecule has 0 bridgehead atoms. The van der Waals surface area contributed by atoms with Gasteiger partial charge in [-0.1, -0.05) is 18.3 Å². The molecule has 1 aromatic carbocycles. The van der Waals surface area contributed by atoms with Gasteiger partial charge in [-0.3, -0.25) is 4.72 Å². The van der Waals surface area contributed by atoms with Gasteiger partial charge in [0.25, 0.3) is 0 Å². The van der Waals surface area contributed by atoms with E-state index in [-0.39, 0.29) is 10.7 Å². The molecule has 0 aliphatic rings. The number of benzene rings is 1. The van der Waals surface area contributed by atoms with Crippen molar-refractivity contribution in [2.75, 3.05) is 29.5 Å². The molecule has 1 aromatic rings. The van der Waals surface area contributed by atoms with Crippen LogP contribution >= 0.6 is 12.2 Å². The summed E-state index contributed by atoms with van der Waals surface area (Å²) in [7, 11) is 0.244. The monoisotopic (exact) mass is 273 g/mol. The molecular formula is C10H15N3O2S2. The fourth-order valence-electron chi connectivity index (χ4n) is 1.25. The first kappa shape index (κ1) is 13.7. The Balaban J connectivity index is 2.88. The number of nitrogens with two attached hydrogens (primary N) is 1. The molecule has 94 valence electrons. The van der Waals surface area contributed by atoms with E-state index in [1.54, 1.807) is 18.2 Å². The van der Waals surface area contributed by atoms with Crippen molar-refractivity contribution in [1.29, 1.82) is 0 Å².